The molecule has 1 aromatic heterocycles. The molecule has 0 aliphatic heterocycles. The van der Waals surface area contributed by atoms with E-state index in [-0.39, 0.29) is 11.1 Å². The molecule has 1 amide bonds. The van der Waals surface area contributed by atoms with Gasteiger partial charge in [0.2, 0.25) is 0 Å². The largest absolute Gasteiger partial charge is 0.452 e. The Kier molecular flexibility index (Phi) is 7.08. The van der Waals surface area contributed by atoms with Gasteiger partial charge in [-0.1, -0.05) is 42.1 Å². The first kappa shape index (κ1) is 23.3. The number of esters is 1. The van der Waals surface area contributed by atoms with Crippen molar-refractivity contribution in [2.24, 2.45) is 0 Å². The average Bonchev–Trinajstić information content (AvgIpc) is 2.85. The number of para-hydroxylation sites is 1. The van der Waals surface area contributed by atoms with Crippen LogP contribution in [0, 0.1) is 6.92 Å². The van der Waals surface area contributed by atoms with Gasteiger partial charge in [0, 0.05) is 16.3 Å². The Morgan fingerprint density at radius 1 is 1.03 bits per heavy atom. The number of hydrogen-bond acceptors (Lipinski definition) is 6. The lowest BCUT2D eigenvalue weighted by molar-refractivity contribution is -0.119. The Labute approximate surface area is 200 Å². The van der Waals surface area contributed by atoms with Crippen LogP contribution in [0.2, 0.25) is 0 Å². The van der Waals surface area contributed by atoms with E-state index < -0.39 is 18.5 Å². The smallest absolute Gasteiger partial charge is 0.338 e. The maximum absolute atomic E-state index is 12.6. The number of hydrogen-bond donors (Lipinski definition) is 1. The molecule has 0 fully saturated rings. The monoisotopic (exact) mass is 473 g/mol. The zero-order chi connectivity index (χ0) is 24.1. The number of anilines is 1. The van der Waals surface area contributed by atoms with Gasteiger partial charge < -0.3 is 14.6 Å². The van der Waals surface area contributed by atoms with E-state index in [0.29, 0.717) is 29.0 Å². The minimum atomic E-state index is -0.641. The van der Waals surface area contributed by atoms with Crippen LogP contribution < -0.4 is 10.9 Å². The number of ether oxygens (including phenoxy) is 1. The van der Waals surface area contributed by atoms with Crippen molar-refractivity contribution in [3.05, 3.63) is 94.4 Å². The highest BCUT2D eigenvalue weighted by atomic mass is 32.2. The highest BCUT2D eigenvalue weighted by Gasteiger charge is 2.15. The molecule has 0 saturated heterocycles. The first-order chi connectivity index (χ1) is 16.5. The topological polar surface area (TPSA) is 90.3 Å². The Morgan fingerprint density at radius 3 is 2.53 bits per heavy atom. The second kappa shape index (κ2) is 10.4. The van der Waals surface area contributed by atoms with Crippen LogP contribution in [0.3, 0.4) is 0 Å². The van der Waals surface area contributed by atoms with E-state index in [4.69, 9.17) is 4.74 Å². The molecule has 34 heavy (non-hydrogen) atoms. The molecule has 0 aliphatic carbocycles. The van der Waals surface area contributed by atoms with Gasteiger partial charge in [0.1, 0.15) is 5.69 Å². The third kappa shape index (κ3) is 5.18. The van der Waals surface area contributed by atoms with Gasteiger partial charge in [-0.3, -0.25) is 9.59 Å². The molecule has 0 bridgehead atoms. The molecule has 0 atom stereocenters. The van der Waals surface area contributed by atoms with E-state index in [2.05, 4.69) is 10.3 Å². The second-order valence-electron chi connectivity index (χ2n) is 7.49. The fraction of sp³-hybridized carbons (Fsp3) is 0.154. The van der Waals surface area contributed by atoms with Crippen LogP contribution in [-0.2, 0) is 16.1 Å². The third-order valence-electron chi connectivity index (χ3n) is 5.13. The maximum atomic E-state index is 12.6. The molecular weight excluding hydrogens is 450 g/mol. The SMILES string of the molecule is CCn1c(=O)c(C)nc2cc(C(=O)OCC(=O)Nc3ccccc3Sc3ccccc3)ccc21. The molecule has 0 aliphatic rings. The summed E-state index contributed by atoms with van der Waals surface area (Å²) in [6.45, 7) is 3.57. The van der Waals surface area contributed by atoms with E-state index in [9.17, 15) is 14.4 Å². The fourth-order valence-electron chi connectivity index (χ4n) is 3.49. The van der Waals surface area contributed by atoms with Crippen LogP contribution in [0.4, 0.5) is 5.69 Å². The number of benzene rings is 3. The number of rotatable bonds is 7. The molecule has 0 saturated carbocycles. The molecule has 172 valence electrons. The number of amides is 1. The molecule has 8 heteroatoms. The van der Waals surface area contributed by atoms with Crippen molar-refractivity contribution in [2.45, 2.75) is 30.2 Å². The van der Waals surface area contributed by atoms with Crippen LogP contribution in [0.1, 0.15) is 23.0 Å². The molecule has 3 aromatic carbocycles. The standard InChI is InChI=1S/C26H23N3O4S/c1-3-29-22-14-13-18(15-21(22)27-17(2)25(29)31)26(32)33-16-24(30)28-20-11-7-8-12-23(20)34-19-9-5-4-6-10-19/h4-15H,3,16H2,1-2H3,(H,28,30). The fourth-order valence-corrected chi connectivity index (χ4v) is 4.41. The summed E-state index contributed by atoms with van der Waals surface area (Å²) < 4.78 is 6.83. The predicted molar refractivity (Wildman–Crippen MR) is 132 cm³/mol. The quantitative estimate of drug-likeness (QED) is 0.392. The summed E-state index contributed by atoms with van der Waals surface area (Å²) in [5.41, 5.74) is 2.25. The zero-order valence-electron chi connectivity index (χ0n) is 18.8. The highest BCUT2D eigenvalue weighted by molar-refractivity contribution is 7.99. The Balaban J connectivity index is 1.43. The summed E-state index contributed by atoms with van der Waals surface area (Å²) in [5.74, 6) is -1.08. The maximum Gasteiger partial charge on any atom is 0.338 e. The molecular formula is C26H23N3O4S. The summed E-state index contributed by atoms with van der Waals surface area (Å²) >= 11 is 1.53. The summed E-state index contributed by atoms with van der Waals surface area (Å²) in [6, 6.07) is 22.1. The van der Waals surface area contributed by atoms with Gasteiger partial charge in [-0.15, -0.1) is 0 Å². The van der Waals surface area contributed by atoms with Crippen molar-refractivity contribution in [1.82, 2.24) is 9.55 Å². The summed E-state index contributed by atoms with van der Waals surface area (Å²) in [6.07, 6.45) is 0. The third-order valence-corrected chi connectivity index (χ3v) is 6.21. The van der Waals surface area contributed by atoms with Crippen LogP contribution in [-0.4, -0.2) is 28.0 Å². The lowest BCUT2D eigenvalue weighted by atomic mass is 10.2. The minimum absolute atomic E-state index is 0.160. The number of carbonyl (C=O) groups excluding carboxylic acids is 2. The molecule has 0 unspecified atom stereocenters. The number of carbonyl (C=O) groups is 2. The van der Waals surface area contributed by atoms with Crippen molar-refractivity contribution < 1.29 is 14.3 Å². The van der Waals surface area contributed by atoms with E-state index in [1.54, 1.807) is 35.8 Å². The molecule has 4 aromatic rings. The Morgan fingerprint density at radius 2 is 1.76 bits per heavy atom. The van der Waals surface area contributed by atoms with Gasteiger partial charge in [-0.25, -0.2) is 9.78 Å². The van der Waals surface area contributed by atoms with Gasteiger partial charge >= 0.3 is 5.97 Å². The predicted octanol–water partition coefficient (Wildman–Crippen LogP) is 4.67. The molecule has 4 rings (SSSR count). The van der Waals surface area contributed by atoms with Crippen molar-refractivity contribution in [2.75, 3.05) is 11.9 Å². The van der Waals surface area contributed by atoms with E-state index >= 15 is 0 Å². The van der Waals surface area contributed by atoms with Crippen LogP contribution in [0.5, 0.6) is 0 Å². The average molecular weight is 474 g/mol. The Bertz CT molecular complexity index is 1420. The molecule has 1 heterocycles. The number of aromatic nitrogens is 2. The van der Waals surface area contributed by atoms with Crippen molar-refractivity contribution in [3.63, 3.8) is 0 Å². The molecule has 7 nitrogen and oxygen atoms in total. The van der Waals surface area contributed by atoms with Crippen LogP contribution in [0.15, 0.2) is 87.4 Å². The van der Waals surface area contributed by atoms with E-state index in [1.165, 1.54) is 11.8 Å². The Hall–Kier alpha value is -3.91. The van der Waals surface area contributed by atoms with Crippen molar-refractivity contribution >= 4 is 40.4 Å². The minimum Gasteiger partial charge on any atom is -0.452 e. The number of aryl methyl sites for hydroxylation is 2. The number of nitrogens with one attached hydrogen (secondary N) is 1. The van der Waals surface area contributed by atoms with Crippen molar-refractivity contribution in [3.8, 4) is 0 Å². The number of fused-ring (bicyclic) bond motifs is 1. The lowest BCUT2D eigenvalue weighted by Crippen LogP contribution is -2.23. The van der Waals surface area contributed by atoms with E-state index in [1.807, 2.05) is 55.5 Å². The lowest BCUT2D eigenvalue weighted by Gasteiger charge is -2.12. The molecule has 0 radical (unpaired) electrons. The molecule has 1 N–H and O–H groups in total. The summed E-state index contributed by atoms with van der Waals surface area (Å²) in [5, 5.41) is 2.81. The van der Waals surface area contributed by atoms with Gasteiger partial charge in [0.05, 0.1) is 22.3 Å². The summed E-state index contributed by atoms with van der Waals surface area (Å²) in [4.78, 5) is 43.5. The normalized spacial score (nSPS) is 10.8. The second-order valence-corrected chi connectivity index (χ2v) is 8.60. The zero-order valence-corrected chi connectivity index (χ0v) is 19.6. The highest BCUT2D eigenvalue weighted by Crippen LogP contribution is 2.33. The van der Waals surface area contributed by atoms with Crippen molar-refractivity contribution in [1.29, 1.82) is 0 Å². The van der Waals surface area contributed by atoms with Crippen LogP contribution in [0.25, 0.3) is 11.0 Å². The van der Waals surface area contributed by atoms with Gasteiger partial charge in [0.25, 0.3) is 11.5 Å². The summed E-state index contributed by atoms with van der Waals surface area (Å²) in [7, 11) is 0. The van der Waals surface area contributed by atoms with Gasteiger partial charge in [-0.2, -0.15) is 0 Å². The van der Waals surface area contributed by atoms with E-state index in [0.717, 1.165) is 9.79 Å². The first-order valence-corrected chi connectivity index (χ1v) is 11.6. The first-order valence-electron chi connectivity index (χ1n) is 10.8. The molecule has 0 spiro atoms. The van der Waals surface area contributed by atoms with Gasteiger partial charge in [-0.05, 0) is 56.3 Å². The number of nitrogens with zero attached hydrogens (tertiary/aromatic N) is 2. The van der Waals surface area contributed by atoms with Crippen LogP contribution >= 0.6 is 11.8 Å². The van der Waals surface area contributed by atoms with Gasteiger partial charge in [0.15, 0.2) is 6.61 Å².